The van der Waals surface area contributed by atoms with Crippen LogP contribution in [-0.2, 0) is 16.0 Å². The van der Waals surface area contributed by atoms with E-state index in [1.165, 1.54) is 12.8 Å². The molecule has 3 aliphatic rings. The van der Waals surface area contributed by atoms with Crippen molar-refractivity contribution in [2.75, 3.05) is 24.4 Å². The molecule has 1 aromatic rings. The van der Waals surface area contributed by atoms with Crippen molar-refractivity contribution >= 4 is 28.6 Å². The average molecular weight is 407 g/mol. The van der Waals surface area contributed by atoms with Crippen LogP contribution in [0.25, 0.3) is 0 Å². The molecule has 1 aromatic carbocycles. The lowest BCUT2D eigenvalue weighted by atomic mass is 9.98. The van der Waals surface area contributed by atoms with E-state index in [0.29, 0.717) is 41.9 Å². The minimum atomic E-state index is -1.54. The third-order valence-electron chi connectivity index (χ3n) is 5.17. The zero-order valence-corrected chi connectivity index (χ0v) is 17.5. The van der Waals surface area contributed by atoms with Crippen molar-refractivity contribution in [2.24, 2.45) is 22.0 Å². The van der Waals surface area contributed by atoms with Crippen molar-refractivity contribution in [3.8, 4) is 5.75 Å². The Kier molecular flexibility index (Phi) is 6.93. The Morgan fingerprint density at radius 2 is 2.11 bits per heavy atom. The third-order valence-corrected chi connectivity index (χ3v) is 5.92. The second-order valence-corrected chi connectivity index (χ2v) is 8.20. The fraction of sp³-hybridized carbons (Fsp3) is 0.600. The fourth-order valence-corrected chi connectivity index (χ4v) is 4.26. The number of amides is 1. The molecule has 1 saturated heterocycles. The number of hydrogen-bond donors (Lipinski definition) is 2. The lowest BCUT2D eigenvalue weighted by Crippen LogP contribution is -2.41. The number of carbonyl (C=O) groups excluding carboxylic acids is 1. The molecule has 3 N–H and O–H groups in total. The van der Waals surface area contributed by atoms with E-state index in [1.807, 2.05) is 30.9 Å². The number of likely N-dealkylation sites (tertiary alicyclic amines) is 1. The van der Waals surface area contributed by atoms with Crippen molar-refractivity contribution in [2.45, 2.75) is 46.0 Å². The zero-order chi connectivity index (χ0) is 20.1. The summed E-state index contributed by atoms with van der Waals surface area (Å²) in [5.74, 6) is 2.08. The molecule has 7 nitrogen and oxygen atoms in total. The summed E-state index contributed by atoms with van der Waals surface area (Å²) in [5, 5.41) is 0. The van der Waals surface area contributed by atoms with Crippen LogP contribution in [0, 0.1) is 11.8 Å². The molecule has 1 amide bonds. The molecule has 1 aliphatic carbocycles. The largest absolute Gasteiger partial charge is 0.492 e. The van der Waals surface area contributed by atoms with E-state index in [0.717, 1.165) is 25.9 Å². The molecule has 1 saturated carbocycles. The fourth-order valence-electron chi connectivity index (χ4n) is 3.59. The molecule has 0 radical (unpaired) electrons. The summed E-state index contributed by atoms with van der Waals surface area (Å²) in [5.41, 5.74) is 7.27. The smallest absolute Gasteiger partial charge is 0.245 e. The molecule has 154 valence electrons. The van der Waals surface area contributed by atoms with Gasteiger partial charge >= 0.3 is 0 Å². The molecule has 0 aromatic heterocycles. The van der Waals surface area contributed by atoms with Gasteiger partial charge < -0.3 is 15.4 Å². The van der Waals surface area contributed by atoms with Crippen molar-refractivity contribution in [3.05, 3.63) is 23.8 Å². The number of nitrogens with zero attached hydrogens (tertiary/aromatic N) is 2. The Morgan fingerprint density at radius 1 is 1.32 bits per heavy atom. The van der Waals surface area contributed by atoms with Gasteiger partial charge in [-0.3, -0.25) is 9.52 Å². The van der Waals surface area contributed by atoms with Crippen LogP contribution in [0.2, 0.25) is 0 Å². The molecule has 0 spiro atoms. The summed E-state index contributed by atoms with van der Waals surface area (Å²) < 4.78 is 24.3. The van der Waals surface area contributed by atoms with E-state index in [-0.39, 0.29) is 11.7 Å². The molecule has 28 heavy (non-hydrogen) atoms. The van der Waals surface area contributed by atoms with Gasteiger partial charge in [-0.15, -0.1) is 0 Å². The molecule has 0 bridgehead atoms. The predicted octanol–water partition coefficient (Wildman–Crippen LogP) is 2.84. The van der Waals surface area contributed by atoms with Gasteiger partial charge in [-0.1, -0.05) is 19.9 Å². The van der Waals surface area contributed by atoms with Crippen molar-refractivity contribution in [1.82, 2.24) is 4.90 Å². The van der Waals surface area contributed by atoms with Crippen LogP contribution in [0.1, 0.15) is 51.5 Å². The molecule has 2 atom stereocenters. The number of nitrogens with two attached hydrogens (primary N) is 1. The van der Waals surface area contributed by atoms with Crippen LogP contribution in [0.3, 0.4) is 0 Å². The van der Waals surface area contributed by atoms with E-state index in [9.17, 15) is 9.00 Å². The first-order chi connectivity index (χ1) is 13.6. The second-order valence-electron chi connectivity index (χ2n) is 7.31. The van der Waals surface area contributed by atoms with Crippen LogP contribution >= 0.6 is 0 Å². The zero-order valence-electron chi connectivity index (χ0n) is 16.6. The molecule has 8 heteroatoms. The lowest BCUT2D eigenvalue weighted by molar-refractivity contribution is -0.133. The maximum Gasteiger partial charge on any atom is 0.245 e. The minimum Gasteiger partial charge on any atom is -0.492 e. The lowest BCUT2D eigenvalue weighted by Gasteiger charge is -2.33. The summed E-state index contributed by atoms with van der Waals surface area (Å²) in [6, 6.07) is 5.49. The van der Waals surface area contributed by atoms with Crippen LogP contribution < -0.4 is 15.2 Å². The van der Waals surface area contributed by atoms with Crippen molar-refractivity contribution in [3.63, 3.8) is 0 Å². The molecule has 4 rings (SSSR count). The first-order valence-corrected chi connectivity index (χ1v) is 11.3. The Balaban J connectivity index is 0.00000109. The number of ether oxygens (including phenoxy) is 1. The van der Waals surface area contributed by atoms with Crippen LogP contribution in [-0.4, -0.2) is 40.5 Å². The van der Waals surface area contributed by atoms with Crippen LogP contribution in [0.15, 0.2) is 22.6 Å². The summed E-state index contributed by atoms with van der Waals surface area (Å²) in [6.45, 7) is 6.14. The molecule has 2 unspecified atom stereocenters. The van der Waals surface area contributed by atoms with Gasteiger partial charge in [0.15, 0.2) is 0 Å². The van der Waals surface area contributed by atoms with Gasteiger partial charge in [-0.05, 0) is 43.7 Å². The normalized spacial score (nSPS) is 23.5. The van der Waals surface area contributed by atoms with E-state index in [4.69, 9.17) is 10.5 Å². The van der Waals surface area contributed by atoms with E-state index >= 15 is 0 Å². The van der Waals surface area contributed by atoms with E-state index in [2.05, 4.69) is 9.12 Å². The standard InChI is InChI=1S/C18H24N4O3S.C2H6/c19-18-17-14(20-26(24)21-18)4-1-5-15(17)25-11-13-3-2-8-22(10-13)16(23)9-12-6-7-12;1-2/h1,4-5,12-13,20H,2-3,6-11H2,(H2,19,21);1-2H3. The molecule has 2 heterocycles. The number of carbonyl (C=O) groups is 1. The summed E-state index contributed by atoms with van der Waals surface area (Å²) >= 11 is -1.54. The minimum absolute atomic E-state index is 0.220. The molecular weight excluding hydrogens is 376 g/mol. The number of benzene rings is 1. The van der Waals surface area contributed by atoms with Gasteiger partial charge in [-0.25, -0.2) is 4.21 Å². The topological polar surface area (TPSA) is 97.0 Å². The monoisotopic (exact) mass is 406 g/mol. The summed E-state index contributed by atoms with van der Waals surface area (Å²) in [6.07, 6.45) is 5.17. The highest BCUT2D eigenvalue weighted by Gasteiger charge is 2.30. The van der Waals surface area contributed by atoms with Gasteiger partial charge in [0, 0.05) is 25.4 Å². The molecule has 2 fully saturated rings. The highest BCUT2D eigenvalue weighted by Crippen LogP contribution is 2.34. The van der Waals surface area contributed by atoms with E-state index in [1.54, 1.807) is 6.07 Å². The first-order valence-electron chi connectivity index (χ1n) is 10.2. The van der Waals surface area contributed by atoms with Gasteiger partial charge in [0.25, 0.3) is 0 Å². The van der Waals surface area contributed by atoms with Gasteiger partial charge in [0.05, 0.1) is 17.9 Å². The van der Waals surface area contributed by atoms with E-state index < -0.39 is 11.2 Å². The number of rotatable bonds is 5. The first kappa shape index (κ1) is 20.6. The number of amidine groups is 1. The Bertz CT molecular complexity index is 764. The maximum atomic E-state index is 12.3. The number of piperidine rings is 1. The quantitative estimate of drug-likeness (QED) is 0.786. The molecular formula is C20H30N4O3S. The molecule has 2 aliphatic heterocycles. The predicted molar refractivity (Wildman–Crippen MR) is 112 cm³/mol. The summed E-state index contributed by atoms with van der Waals surface area (Å²) in [4.78, 5) is 14.3. The number of fused-ring (bicyclic) bond motifs is 1. The summed E-state index contributed by atoms with van der Waals surface area (Å²) in [7, 11) is 0. The number of nitrogens with one attached hydrogen (secondary N) is 1. The highest BCUT2D eigenvalue weighted by molar-refractivity contribution is 7.85. The van der Waals surface area contributed by atoms with Crippen LogP contribution in [0.4, 0.5) is 5.69 Å². The average Bonchev–Trinajstić information content (AvgIpc) is 3.51. The van der Waals surface area contributed by atoms with Gasteiger partial charge in [0.1, 0.15) is 11.6 Å². The third kappa shape index (κ3) is 5.04. The number of anilines is 1. The van der Waals surface area contributed by atoms with Crippen LogP contribution in [0.5, 0.6) is 5.75 Å². The van der Waals surface area contributed by atoms with Gasteiger partial charge in [0.2, 0.25) is 17.1 Å². The number of hydrogen-bond acceptors (Lipinski definition) is 4. The van der Waals surface area contributed by atoms with Crippen molar-refractivity contribution in [1.29, 1.82) is 0 Å². The Morgan fingerprint density at radius 3 is 2.86 bits per heavy atom. The Hall–Kier alpha value is -2.09. The second kappa shape index (κ2) is 9.41. The Labute approximate surface area is 169 Å². The highest BCUT2D eigenvalue weighted by atomic mass is 32.2. The maximum absolute atomic E-state index is 12.3. The SMILES string of the molecule is CC.NC1=NS(=O)Nc2cccc(OCC3CCCN(C(=O)CC4CC4)C3)c21. The van der Waals surface area contributed by atoms with Gasteiger partial charge in [-0.2, -0.15) is 4.40 Å². The van der Waals surface area contributed by atoms with Crippen molar-refractivity contribution < 1.29 is 13.7 Å².